The first-order valence-electron chi connectivity index (χ1n) is 2.74. The third-order valence-electron chi connectivity index (χ3n) is 0.931. The molecule has 0 aromatic carbocycles. The highest BCUT2D eigenvalue weighted by molar-refractivity contribution is 5.72. The van der Waals surface area contributed by atoms with E-state index in [0.29, 0.717) is 5.82 Å². The van der Waals surface area contributed by atoms with Crippen molar-refractivity contribution in [1.29, 1.82) is 0 Å². The van der Waals surface area contributed by atoms with Crippen molar-refractivity contribution in [2.75, 3.05) is 11.9 Å². The minimum absolute atomic E-state index is 0.0950. The van der Waals surface area contributed by atoms with Crippen LogP contribution in [-0.4, -0.2) is 27.8 Å². The topological polar surface area (TPSA) is 78.0 Å². The quantitative estimate of drug-likeness (QED) is 0.549. The number of anilines is 1. The van der Waals surface area contributed by atoms with Gasteiger partial charge in [0.05, 0.1) is 6.20 Å². The van der Waals surface area contributed by atoms with Gasteiger partial charge in [0, 0.05) is 0 Å². The summed E-state index contributed by atoms with van der Waals surface area (Å²) in [5, 5.41) is 17.0. The van der Waals surface area contributed by atoms with E-state index in [4.69, 9.17) is 5.11 Å². The van der Waals surface area contributed by atoms with E-state index in [2.05, 4.69) is 15.5 Å². The van der Waals surface area contributed by atoms with Crippen LogP contribution < -0.4 is 5.32 Å². The molecule has 0 saturated heterocycles. The Morgan fingerprint density at radius 2 is 2.70 bits per heavy atom. The van der Waals surface area contributed by atoms with Gasteiger partial charge in [0.15, 0.2) is 0 Å². The summed E-state index contributed by atoms with van der Waals surface area (Å²) in [6, 6.07) is 1.66. The fourth-order valence-corrected chi connectivity index (χ4v) is 0.525. The molecule has 1 aromatic heterocycles. The van der Waals surface area contributed by atoms with Gasteiger partial charge in [-0.05, 0) is 6.07 Å². The van der Waals surface area contributed by atoms with Crippen LogP contribution in [-0.2, 0) is 4.79 Å². The lowest BCUT2D eigenvalue weighted by Crippen LogP contribution is -2.12. The average molecular weight is 141 g/mol. The number of aliphatic carboxylic acids is 1. The molecule has 0 radical (unpaired) electrons. The van der Waals surface area contributed by atoms with E-state index >= 15 is 0 Å². The number of hydrogen-bond acceptors (Lipinski definition) is 3. The minimum Gasteiger partial charge on any atom is -0.480 e. The van der Waals surface area contributed by atoms with Gasteiger partial charge in [0.25, 0.3) is 0 Å². The lowest BCUT2D eigenvalue weighted by Gasteiger charge is -1.95. The lowest BCUT2D eigenvalue weighted by molar-refractivity contribution is -0.134. The predicted octanol–water partition coefficient (Wildman–Crippen LogP) is -0.0938. The van der Waals surface area contributed by atoms with Gasteiger partial charge < -0.3 is 10.4 Å². The summed E-state index contributed by atoms with van der Waals surface area (Å²) in [6.45, 7) is -0.0950. The first kappa shape index (κ1) is 6.60. The Morgan fingerprint density at radius 3 is 3.20 bits per heavy atom. The van der Waals surface area contributed by atoms with Gasteiger partial charge >= 0.3 is 5.97 Å². The second-order valence-electron chi connectivity index (χ2n) is 1.72. The van der Waals surface area contributed by atoms with Crippen molar-refractivity contribution in [3.05, 3.63) is 12.3 Å². The number of hydrogen-bond donors (Lipinski definition) is 3. The third kappa shape index (κ3) is 1.77. The van der Waals surface area contributed by atoms with Gasteiger partial charge in [0.2, 0.25) is 0 Å². The van der Waals surface area contributed by atoms with Gasteiger partial charge in [-0.3, -0.25) is 9.89 Å². The number of H-pyrrole nitrogens is 1. The van der Waals surface area contributed by atoms with Crippen LogP contribution in [0.5, 0.6) is 0 Å². The van der Waals surface area contributed by atoms with Crippen molar-refractivity contribution in [3.63, 3.8) is 0 Å². The highest BCUT2D eigenvalue weighted by Gasteiger charge is 1.95. The molecule has 1 aromatic rings. The van der Waals surface area contributed by atoms with Crippen LogP contribution in [0.15, 0.2) is 12.3 Å². The standard InChI is InChI=1S/C5H7N3O2/c9-5(10)3-6-4-1-2-7-8-4/h1-2H,3H2,(H,9,10)(H2,6,7,8). The zero-order chi connectivity index (χ0) is 7.40. The molecule has 3 N–H and O–H groups in total. The predicted molar refractivity (Wildman–Crippen MR) is 34.7 cm³/mol. The van der Waals surface area contributed by atoms with Gasteiger partial charge in [0.1, 0.15) is 12.4 Å². The average Bonchev–Trinajstić information content (AvgIpc) is 2.34. The van der Waals surface area contributed by atoms with Crippen molar-refractivity contribution in [1.82, 2.24) is 10.2 Å². The van der Waals surface area contributed by atoms with Gasteiger partial charge in [-0.15, -0.1) is 0 Å². The first-order chi connectivity index (χ1) is 4.79. The van der Waals surface area contributed by atoms with Crippen LogP contribution in [0.4, 0.5) is 5.82 Å². The summed E-state index contributed by atoms with van der Waals surface area (Å²) in [7, 11) is 0. The molecule has 0 saturated carbocycles. The summed E-state index contributed by atoms with van der Waals surface area (Å²) in [5.74, 6) is -0.281. The van der Waals surface area contributed by atoms with E-state index < -0.39 is 5.97 Å². The van der Waals surface area contributed by atoms with Crippen molar-refractivity contribution >= 4 is 11.8 Å². The molecule has 5 heteroatoms. The number of carboxylic acid groups (broad SMARTS) is 1. The Morgan fingerprint density at radius 1 is 1.90 bits per heavy atom. The molecule has 0 aliphatic carbocycles. The van der Waals surface area contributed by atoms with Crippen LogP contribution in [0.2, 0.25) is 0 Å². The van der Waals surface area contributed by atoms with Gasteiger partial charge in [-0.25, -0.2) is 0 Å². The van der Waals surface area contributed by atoms with Crippen LogP contribution in [0.3, 0.4) is 0 Å². The second kappa shape index (κ2) is 2.86. The molecular weight excluding hydrogens is 134 g/mol. The molecule has 5 nitrogen and oxygen atoms in total. The molecule has 10 heavy (non-hydrogen) atoms. The summed E-state index contributed by atoms with van der Waals surface area (Å²) in [4.78, 5) is 10.00. The number of nitrogens with zero attached hydrogens (tertiary/aromatic N) is 1. The molecule has 1 rings (SSSR count). The SMILES string of the molecule is O=C(O)CNc1ccn[nH]1. The van der Waals surface area contributed by atoms with E-state index in [1.807, 2.05) is 0 Å². The van der Waals surface area contributed by atoms with Crippen LogP contribution in [0.25, 0.3) is 0 Å². The monoisotopic (exact) mass is 141 g/mol. The Labute approximate surface area is 57.1 Å². The van der Waals surface area contributed by atoms with E-state index in [-0.39, 0.29) is 6.54 Å². The molecule has 0 amide bonds. The molecule has 0 bridgehead atoms. The molecule has 0 aliphatic rings. The van der Waals surface area contributed by atoms with E-state index in [1.165, 1.54) is 0 Å². The molecule has 54 valence electrons. The molecule has 0 aliphatic heterocycles. The number of aromatic nitrogens is 2. The fraction of sp³-hybridized carbons (Fsp3) is 0.200. The van der Waals surface area contributed by atoms with E-state index in [1.54, 1.807) is 12.3 Å². The van der Waals surface area contributed by atoms with Gasteiger partial charge in [-0.2, -0.15) is 5.10 Å². The minimum atomic E-state index is -0.894. The first-order valence-corrected chi connectivity index (χ1v) is 2.74. The lowest BCUT2D eigenvalue weighted by atomic mass is 10.6. The number of nitrogens with one attached hydrogen (secondary N) is 2. The molecule has 1 heterocycles. The highest BCUT2D eigenvalue weighted by atomic mass is 16.4. The smallest absolute Gasteiger partial charge is 0.322 e. The summed E-state index contributed by atoms with van der Waals surface area (Å²) < 4.78 is 0. The maximum absolute atomic E-state index is 10.00. The number of rotatable bonds is 3. The maximum atomic E-state index is 10.00. The Bertz CT molecular complexity index is 207. The fourth-order valence-electron chi connectivity index (χ4n) is 0.525. The maximum Gasteiger partial charge on any atom is 0.322 e. The van der Waals surface area contributed by atoms with Crippen LogP contribution in [0, 0.1) is 0 Å². The van der Waals surface area contributed by atoms with E-state index in [9.17, 15) is 4.79 Å². The molecule has 0 spiro atoms. The molecule has 0 unspecified atom stereocenters. The number of aromatic amines is 1. The van der Waals surface area contributed by atoms with E-state index in [0.717, 1.165) is 0 Å². The zero-order valence-corrected chi connectivity index (χ0v) is 5.16. The van der Waals surface area contributed by atoms with Crippen molar-refractivity contribution in [2.24, 2.45) is 0 Å². The summed E-state index contributed by atoms with van der Waals surface area (Å²) >= 11 is 0. The van der Waals surface area contributed by atoms with Crippen LogP contribution >= 0.6 is 0 Å². The number of carbonyl (C=O) groups is 1. The zero-order valence-electron chi connectivity index (χ0n) is 5.16. The van der Waals surface area contributed by atoms with Crippen molar-refractivity contribution in [2.45, 2.75) is 0 Å². The second-order valence-corrected chi connectivity index (χ2v) is 1.72. The summed E-state index contributed by atoms with van der Waals surface area (Å²) in [6.07, 6.45) is 1.55. The highest BCUT2D eigenvalue weighted by Crippen LogP contribution is 1.95. The van der Waals surface area contributed by atoms with Crippen LogP contribution in [0.1, 0.15) is 0 Å². The number of carboxylic acids is 1. The van der Waals surface area contributed by atoms with Crippen molar-refractivity contribution in [3.8, 4) is 0 Å². The van der Waals surface area contributed by atoms with Gasteiger partial charge in [-0.1, -0.05) is 0 Å². The third-order valence-corrected chi connectivity index (χ3v) is 0.931. The molecule has 0 atom stereocenters. The largest absolute Gasteiger partial charge is 0.480 e. The van der Waals surface area contributed by atoms with Crippen molar-refractivity contribution < 1.29 is 9.90 Å². The Balaban J connectivity index is 2.35. The Kier molecular flexibility index (Phi) is 1.89. The molecule has 0 fully saturated rings. The Hall–Kier alpha value is -1.52. The molecular formula is C5H7N3O2. The summed E-state index contributed by atoms with van der Waals surface area (Å²) in [5.41, 5.74) is 0. The normalized spacial score (nSPS) is 9.20.